The van der Waals surface area contributed by atoms with Gasteiger partial charge in [0.25, 0.3) is 0 Å². The third kappa shape index (κ3) is 2.88. The molecular weight excluding hydrogens is 254 g/mol. The molecule has 6 unspecified atom stereocenters. The summed E-state index contributed by atoms with van der Waals surface area (Å²) in [7, 11) is 0. The molecule has 0 aliphatic heterocycles. The lowest BCUT2D eigenvalue weighted by atomic mass is 9.52. The van der Waals surface area contributed by atoms with E-state index < -0.39 is 0 Å². The summed E-state index contributed by atoms with van der Waals surface area (Å²) in [6.07, 6.45) is 15.1. The first-order valence-electron chi connectivity index (χ1n) is 9.62. The molecule has 0 aromatic carbocycles. The standard InChI is InChI=1S/C20H33N/c1-3-5-15-6-9-18-16(12-15)7-8-17-13-20(4-2,14-21)11-10-19(17)18/h15-19H,3-13H2,1-2H3. The predicted molar refractivity (Wildman–Crippen MR) is 87.6 cm³/mol. The topological polar surface area (TPSA) is 23.8 Å². The van der Waals surface area contributed by atoms with Gasteiger partial charge in [-0.25, -0.2) is 0 Å². The summed E-state index contributed by atoms with van der Waals surface area (Å²) >= 11 is 0. The fraction of sp³-hybridized carbons (Fsp3) is 0.950. The van der Waals surface area contributed by atoms with Gasteiger partial charge in [0.05, 0.1) is 11.5 Å². The van der Waals surface area contributed by atoms with Gasteiger partial charge in [-0.05, 0) is 81.0 Å². The minimum Gasteiger partial charge on any atom is -0.198 e. The molecular formula is C20H33N. The lowest BCUT2D eigenvalue weighted by molar-refractivity contribution is -0.0166. The third-order valence-electron chi connectivity index (χ3n) is 7.43. The minimum atomic E-state index is 0.0351. The Labute approximate surface area is 131 Å². The summed E-state index contributed by atoms with van der Waals surface area (Å²) in [4.78, 5) is 0. The average molecular weight is 287 g/mol. The second-order valence-electron chi connectivity index (χ2n) is 8.38. The summed E-state index contributed by atoms with van der Waals surface area (Å²) in [5.41, 5.74) is 0.0351. The number of nitrogens with zero attached hydrogens (tertiary/aromatic N) is 1. The number of hydrogen-bond donors (Lipinski definition) is 0. The van der Waals surface area contributed by atoms with E-state index in [4.69, 9.17) is 0 Å². The van der Waals surface area contributed by atoms with Crippen LogP contribution in [0.15, 0.2) is 0 Å². The number of rotatable bonds is 3. The van der Waals surface area contributed by atoms with Crippen molar-refractivity contribution < 1.29 is 0 Å². The van der Waals surface area contributed by atoms with Gasteiger partial charge in [0.1, 0.15) is 0 Å². The minimum absolute atomic E-state index is 0.0351. The summed E-state index contributed by atoms with van der Waals surface area (Å²) < 4.78 is 0. The van der Waals surface area contributed by atoms with Crippen LogP contribution in [-0.4, -0.2) is 0 Å². The second-order valence-corrected chi connectivity index (χ2v) is 8.38. The van der Waals surface area contributed by atoms with Crippen molar-refractivity contribution in [2.24, 2.45) is 35.0 Å². The molecule has 0 N–H and O–H groups in total. The largest absolute Gasteiger partial charge is 0.198 e. The van der Waals surface area contributed by atoms with Crippen molar-refractivity contribution in [3.8, 4) is 6.07 Å². The molecule has 3 saturated carbocycles. The van der Waals surface area contributed by atoms with Crippen LogP contribution < -0.4 is 0 Å². The highest BCUT2D eigenvalue weighted by molar-refractivity contribution is 5.05. The zero-order chi connectivity index (χ0) is 14.9. The molecule has 1 nitrogen and oxygen atoms in total. The second kappa shape index (κ2) is 6.31. The van der Waals surface area contributed by atoms with Crippen LogP contribution in [0, 0.1) is 46.3 Å². The van der Waals surface area contributed by atoms with Crippen LogP contribution in [0.2, 0.25) is 0 Å². The van der Waals surface area contributed by atoms with Crippen LogP contribution in [-0.2, 0) is 0 Å². The molecule has 118 valence electrons. The van der Waals surface area contributed by atoms with Crippen molar-refractivity contribution in [3.63, 3.8) is 0 Å². The first kappa shape index (κ1) is 15.4. The van der Waals surface area contributed by atoms with Gasteiger partial charge in [-0.2, -0.15) is 5.26 Å². The molecule has 3 aliphatic rings. The van der Waals surface area contributed by atoms with Crippen molar-refractivity contribution >= 4 is 0 Å². The van der Waals surface area contributed by atoms with Crippen molar-refractivity contribution in [3.05, 3.63) is 0 Å². The molecule has 21 heavy (non-hydrogen) atoms. The van der Waals surface area contributed by atoms with Gasteiger partial charge in [0.15, 0.2) is 0 Å². The molecule has 0 saturated heterocycles. The highest BCUT2D eigenvalue weighted by Gasteiger charge is 2.47. The molecule has 3 fully saturated rings. The Morgan fingerprint density at radius 2 is 1.76 bits per heavy atom. The van der Waals surface area contributed by atoms with E-state index in [-0.39, 0.29) is 5.41 Å². The van der Waals surface area contributed by atoms with E-state index in [9.17, 15) is 5.26 Å². The van der Waals surface area contributed by atoms with Crippen molar-refractivity contribution in [1.82, 2.24) is 0 Å². The molecule has 0 amide bonds. The van der Waals surface area contributed by atoms with E-state index in [2.05, 4.69) is 19.9 Å². The van der Waals surface area contributed by atoms with Crippen LogP contribution in [0.1, 0.15) is 84.5 Å². The number of hydrogen-bond acceptors (Lipinski definition) is 1. The lowest BCUT2D eigenvalue weighted by Gasteiger charge is -2.52. The van der Waals surface area contributed by atoms with E-state index in [1.165, 1.54) is 64.2 Å². The molecule has 0 spiro atoms. The molecule has 3 aliphatic carbocycles. The quantitative estimate of drug-likeness (QED) is 0.629. The Kier molecular flexibility index (Phi) is 4.63. The lowest BCUT2D eigenvalue weighted by Crippen LogP contribution is -2.43. The van der Waals surface area contributed by atoms with E-state index in [1.54, 1.807) is 0 Å². The van der Waals surface area contributed by atoms with Gasteiger partial charge >= 0.3 is 0 Å². The SMILES string of the molecule is CCCC1CCC2C(CCC3CC(C#N)(CC)CCC32)C1. The highest BCUT2D eigenvalue weighted by atomic mass is 14.5. The fourth-order valence-corrected chi connectivity index (χ4v) is 6.19. The Morgan fingerprint density at radius 1 is 1.00 bits per heavy atom. The van der Waals surface area contributed by atoms with Gasteiger partial charge in [-0.1, -0.05) is 33.1 Å². The Bertz CT molecular complexity index is 395. The number of fused-ring (bicyclic) bond motifs is 3. The van der Waals surface area contributed by atoms with Crippen LogP contribution in [0.3, 0.4) is 0 Å². The maximum absolute atomic E-state index is 9.61. The maximum Gasteiger partial charge on any atom is 0.0689 e. The van der Waals surface area contributed by atoms with Crippen molar-refractivity contribution in [2.45, 2.75) is 84.5 Å². The van der Waals surface area contributed by atoms with Gasteiger partial charge < -0.3 is 0 Å². The van der Waals surface area contributed by atoms with Gasteiger partial charge in [-0.3, -0.25) is 0 Å². The van der Waals surface area contributed by atoms with Crippen molar-refractivity contribution in [1.29, 1.82) is 5.26 Å². The molecule has 0 bridgehead atoms. The molecule has 1 heteroatoms. The molecule has 0 radical (unpaired) electrons. The van der Waals surface area contributed by atoms with Crippen molar-refractivity contribution in [2.75, 3.05) is 0 Å². The van der Waals surface area contributed by atoms with Crippen LogP contribution in [0.4, 0.5) is 0 Å². The predicted octanol–water partition coefficient (Wildman–Crippen LogP) is 5.95. The Balaban J connectivity index is 1.65. The summed E-state index contributed by atoms with van der Waals surface area (Å²) in [5.74, 6) is 4.94. The monoisotopic (exact) mass is 287 g/mol. The van der Waals surface area contributed by atoms with E-state index >= 15 is 0 Å². The summed E-state index contributed by atoms with van der Waals surface area (Å²) in [5, 5.41) is 9.61. The molecule has 0 heterocycles. The zero-order valence-electron chi connectivity index (χ0n) is 14.1. The average Bonchev–Trinajstić information content (AvgIpc) is 2.54. The van der Waals surface area contributed by atoms with Gasteiger partial charge in [0.2, 0.25) is 0 Å². The number of nitriles is 1. The molecule has 6 atom stereocenters. The summed E-state index contributed by atoms with van der Waals surface area (Å²) in [6.45, 7) is 4.57. The Morgan fingerprint density at radius 3 is 2.48 bits per heavy atom. The molecule has 0 aromatic rings. The van der Waals surface area contributed by atoms with Gasteiger partial charge in [-0.15, -0.1) is 0 Å². The molecule has 3 rings (SSSR count). The maximum atomic E-state index is 9.61. The summed E-state index contributed by atoms with van der Waals surface area (Å²) in [6, 6.07) is 2.70. The van der Waals surface area contributed by atoms with Crippen LogP contribution >= 0.6 is 0 Å². The first-order chi connectivity index (χ1) is 10.2. The van der Waals surface area contributed by atoms with Crippen LogP contribution in [0.25, 0.3) is 0 Å². The van der Waals surface area contributed by atoms with Crippen LogP contribution in [0.5, 0.6) is 0 Å². The molecule has 0 aromatic heterocycles. The fourth-order valence-electron chi connectivity index (χ4n) is 6.19. The third-order valence-corrected chi connectivity index (χ3v) is 7.43. The highest BCUT2D eigenvalue weighted by Crippen LogP contribution is 2.56. The normalized spacial score (nSPS) is 46.2. The Hall–Kier alpha value is -0.510. The zero-order valence-corrected chi connectivity index (χ0v) is 14.1. The van der Waals surface area contributed by atoms with E-state index in [0.29, 0.717) is 0 Å². The first-order valence-corrected chi connectivity index (χ1v) is 9.62. The van der Waals surface area contributed by atoms with E-state index in [0.717, 1.165) is 36.0 Å². The van der Waals surface area contributed by atoms with Gasteiger partial charge in [0, 0.05) is 0 Å². The smallest absolute Gasteiger partial charge is 0.0689 e. The van der Waals surface area contributed by atoms with E-state index in [1.807, 2.05) is 0 Å².